The predicted octanol–water partition coefficient (Wildman–Crippen LogP) is 4.81. The van der Waals surface area contributed by atoms with Gasteiger partial charge in [0.2, 0.25) is 0 Å². The van der Waals surface area contributed by atoms with E-state index in [-0.39, 0.29) is 5.41 Å². The first-order valence-corrected chi connectivity index (χ1v) is 8.53. The summed E-state index contributed by atoms with van der Waals surface area (Å²) in [6.07, 6.45) is 1.09. The van der Waals surface area contributed by atoms with E-state index in [1.807, 2.05) is 6.07 Å². The number of thiophene rings is 1. The summed E-state index contributed by atoms with van der Waals surface area (Å²) in [6, 6.07) is 6.22. The van der Waals surface area contributed by atoms with Crippen molar-refractivity contribution in [3.63, 3.8) is 0 Å². The summed E-state index contributed by atoms with van der Waals surface area (Å²) in [5, 5.41) is 6.46. The highest BCUT2D eigenvalue weighted by Crippen LogP contribution is 2.32. The minimum Gasteiger partial charge on any atom is -0.370 e. The normalized spacial score (nSPS) is 11.6. The summed E-state index contributed by atoms with van der Waals surface area (Å²) in [5.74, 6) is 1.81. The van der Waals surface area contributed by atoms with E-state index >= 15 is 0 Å². The Labute approximate surface area is 129 Å². The molecule has 0 unspecified atom stereocenters. The van der Waals surface area contributed by atoms with Gasteiger partial charge in [0.15, 0.2) is 0 Å². The van der Waals surface area contributed by atoms with E-state index in [0.29, 0.717) is 0 Å². The van der Waals surface area contributed by atoms with Crippen LogP contribution in [0.2, 0.25) is 0 Å². The van der Waals surface area contributed by atoms with Gasteiger partial charge in [-0.1, -0.05) is 45.5 Å². The van der Waals surface area contributed by atoms with Gasteiger partial charge in [-0.05, 0) is 17.9 Å². The lowest BCUT2D eigenvalue weighted by molar-refractivity contribution is 0.539. The Morgan fingerprint density at radius 2 is 2.10 bits per heavy atom. The van der Waals surface area contributed by atoms with E-state index in [1.165, 1.54) is 4.21 Å². The minimum atomic E-state index is -0.0470. The standard InChI is InChI=1S/C15H21N3S2/c1-5-8-16-11-10-12(20-13-7-6-9-19-13)18-14(17-11)15(2,3)4/h6-7,9-10H,5,8H2,1-4H3,(H,16,17,18). The third-order valence-electron chi connectivity index (χ3n) is 2.63. The maximum atomic E-state index is 4.71. The van der Waals surface area contributed by atoms with Crippen molar-refractivity contribution in [2.45, 2.75) is 48.8 Å². The molecule has 0 aromatic carbocycles. The van der Waals surface area contributed by atoms with Crippen LogP contribution in [-0.4, -0.2) is 16.5 Å². The Hall–Kier alpha value is -1.07. The van der Waals surface area contributed by atoms with Crippen molar-refractivity contribution in [3.8, 4) is 0 Å². The van der Waals surface area contributed by atoms with Crippen LogP contribution in [0.25, 0.3) is 0 Å². The molecule has 0 aliphatic carbocycles. The van der Waals surface area contributed by atoms with Crippen molar-refractivity contribution in [1.82, 2.24) is 9.97 Å². The maximum absolute atomic E-state index is 4.71. The van der Waals surface area contributed by atoms with Crippen LogP contribution < -0.4 is 5.32 Å². The molecule has 2 heterocycles. The van der Waals surface area contributed by atoms with Crippen molar-refractivity contribution in [1.29, 1.82) is 0 Å². The number of nitrogens with one attached hydrogen (secondary N) is 1. The quantitative estimate of drug-likeness (QED) is 0.805. The van der Waals surface area contributed by atoms with E-state index in [0.717, 1.165) is 29.6 Å². The van der Waals surface area contributed by atoms with E-state index < -0.39 is 0 Å². The fourth-order valence-electron chi connectivity index (χ4n) is 1.58. The molecule has 0 bridgehead atoms. The van der Waals surface area contributed by atoms with Gasteiger partial charge in [-0.15, -0.1) is 11.3 Å². The van der Waals surface area contributed by atoms with Crippen LogP contribution in [0.4, 0.5) is 5.82 Å². The fraction of sp³-hybridized carbons (Fsp3) is 0.467. The third kappa shape index (κ3) is 4.21. The van der Waals surface area contributed by atoms with E-state index in [9.17, 15) is 0 Å². The zero-order chi connectivity index (χ0) is 14.6. The highest BCUT2D eigenvalue weighted by molar-refractivity contribution is 8.01. The molecule has 0 fully saturated rings. The molecule has 0 atom stereocenters. The lowest BCUT2D eigenvalue weighted by Gasteiger charge is -2.18. The molecule has 108 valence electrons. The molecule has 0 aliphatic rings. The molecule has 0 radical (unpaired) electrons. The first-order chi connectivity index (χ1) is 9.49. The van der Waals surface area contributed by atoms with Crippen LogP contribution >= 0.6 is 23.1 Å². The van der Waals surface area contributed by atoms with Gasteiger partial charge in [0, 0.05) is 18.0 Å². The van der Waals surface area contributed by atoms with Crippen molar-refractivity contribution >= 4 is 28.9 Å². The Kier molecular flexibility index (Phi) is 5.05. The van der Waals surface area contributed by atoms with Gasteiger partial charge in [-0.25, -0.2) is 9.97 Å². The van der Waals surface area contributed by atoms with Crippen LogP contribution in [0.15, 0.2) is 32.8 Å². The molecule has 5 heteroatoms. The molecule has 1 N–H and O–H groups in total. The summed E-state index contributed by atoms with van der Waals surface area (Å²) in [4.78, 5) is 9.35. The first kappa shape index (κ1) is 15.3. The third-order valence-corrected chi connectivity index (χ3v) is 4.59. The lowest BCUT2D eigenvalue weighted by atomic mass is 9.96. The van der Waals surface area contributed by atoms with Crippen molar-refractivity contribution in [2.24, 2.45) is 0 Å². The van der Waals surface area contributed by atoms with Gasteiger partial charge in [0.1, 0.15) is 16.7 Å². The first-order valence-electron chi connectivity index (χ1n) is 6.84. The zero-order valence-corrected chi connectivity index (χ0v) is 14.1. The second-order valence-electron chi connectivity index (χ2n) is 5.63. The van der Waals surface area contributed by atoms with Gasteiger partial charge < -0.3 is 5.32 Å². The zero-order valence-electron chi connectivity index (χ0n) is 12.4. The van der Waals surface area contributed by atoms with Crippen molar-refractivity contribution < 1.29 is 0 Å². The average Bonchev–Trinajstić information content (AvgIpc) is 2.88. The monoisotopic (exact) mass is 307 g/mol. The number of anilines is 1. The molecular weight excluding hydrogens is 286 g/mol. The molecule has 0 saturated carbocycles. The lowest BCUT2D eigenvalue weighted by Crippen LogP contribution is -2.17. The molecule has 0 aliphatic heterocycles. The van der Waals surface area contributed by atoms with Crippen LogP contribution in [0, 0.1) is 0 Å². The summed E-state index contributed by atoms with van der Waals surface area (Å²) in [7, 11) is 0. The Morgan fingerprint density at radius 1 is 1.30 bits per heavy atom. The molecule has 0 spiro atoms. The predicted molar refractivity (Wildman–Crippen MR) is 88.0 cm³/mol. The largest absolute Gasteiger partial charge is 0.370 e. The summed E-state index contributed by atoms with van der Waals surface area (Å²) in [6.45, 7) is 9.52. The second kappa shape index (κ2) is 6.59. The van der Waals surface area contributed by atoms with E-state index in [2.05, 4.69) is 55.5 Å². The number of rotatable bonds is 5. The molecule has 2 aromatic rings. The van der Waals surface area contributed by atoms with Gasteiger partial charge >= 0.3 is 0 Å². The Bertz CT molecular complexity index is 545. The summed E-state index contributed by atoms with van der Waals surface area (Å²) >= 11 is 3.44. The second-order valence-corrected chi connectivity index (χ2v) is 7.89. The van der Waals surface area contributed by atoms with Crippen molar-refractivity contribution in [3.05, 3.63) is 29.4 Å². The molecule has 0 amide bonds. The van der Waals surface area contributed by atoms with Crippen LogP contribution in [0.1, 0.15) is 39.9 Å². The highest BCUT2D eigenvalue weighted by atomic mass is 32.2. The molecule has 2 aromatic heterocycles. The average molecular weight is 307 g/mol. The van der Waals surface area contributed by atoms with E-state index in [1.54, 1.807) is 23.1 Å². The maximum Gasteiger partial charge on any atom is 0.137 e. The highest BCUT2D eigenvalue weighted by Gasteiger charge is 2.19. The van der Waals surface area contributed by atoms with Gasteiger partial charge in [0.05, 0.1) is 4.21 Å². The van der Waals surface area contributed by atoms with Crippen LogP contribution in [0.3, 0.4) is 0 Å². The van der Waals surface area contributed by atoms with E-state index in [4.69, 9.17) is 4.98 Å². The molecule has 3 nitrogen and oxygen atoms in total. The Morgan fingerprint density at radius 3 is 2.70 bits per heavy atom. The molecular formula is C15H21N3S2. The summed E-state index contributed by atoms with van der Waals surface area (Å²) in [5.41, 5.74) is -0.0470. The smallest absolute Gasteiger partial charge is 0.137 e. The van der Waals surface area contributed by atoms with Crippen LogP contribution in [-0.2, 0) is 5.41 Å². The molecule has 20 heavy (non-hydrogen) atoms. The number of aromatic nitrogens is 2. The number of nitrogens with zero attached hydrogens (tertiary/aromatic N) is 2. The van der Waals surface area contributed by atoms with Gasteiger partial charge in [-0.2, -0.15) is 0 Å². The summed E-state index contributed by atoms with van der Waals surface area (Å²) < 4.78 is 1.25. The van der Waals surface area contributed by atoms with Gasteiger partial charge in [-0.3, -0.25) is 0 Å². The fourth-order valence-corrected chi connectivity index (χ4v) is 3.30. The van der Waals surface area contributed by atoms with Crippen LogP contribution in [0.5, 0.6) is 0 Å². The SMILES string of the molecule is CCCNc1cc(Sc2cccs2)nc(C(C)(C)C)n1. The molecule has 0 saturated heterocycles. The number of hydrogen-bond donors (Lipinski definition) is 1. The molecule has 2 rings (SSSR count). The van der Waals surface area contributed by atoms with Gasteiger partial charge in [0.25, 0.3) is 0 Å². The minimum absolute atomic E-state index is 0.0470. The van der Waals surface area contributed by atoms with Crippen molar-refractivity contribution in [2.75, 3.05) is 11.9 Å². The Balaban J connectivity index is 2.29. The topological polar surface area (TPSA) is 37.8 Å². The number of hydrogen-bond acceptors (Lipinski definition) is 5.